The number of aromatic nitrogens is 4. The van der Waals surface area contributed by atoms with Crippen LogP contribution in [-0.2, 0) is 11.8 Å². The van der Waals surface area contributed by atoms with Crippen molar-refractivity contribution >= 4 is 16.8 Å². The molecule has 1 aliphatic carbocycles. The molecule has 2 heterocycles. The van der Waals surface area contributed by atoms with Crippen molar-refractivity contribution in [3.63, 3.8) is 0 Å². The first-order valence-corrected chi connectivity index (χ1v) is 11.0. The molecule has 2 aromatic heterocycles. The zero-order valence-corrected chi connectivity index (χ0v) is 18.0. The maximum absolute atomic E-state index is 11.7. The normalized spacial score (nSPS) is 18.5. The van der Waals surface area contributed by atoms with Crippen molar-refractivity contribution in [1.82, 2.24) is 24.6 Å². The lowest BCUT2D eigenvalue weighted by molar-refractivity contribution is -0.121. The zero-order chi connectivity index (χ0) is 21.4. The van der Waals surface area contributed by atoms with Gasteiger partial charge in [-0.3, -0.25) is 4.79 Å². The zero-order valence-electron chi connectivity index (χ0n) is 18.0. The number of nitrogens with zero attached hydrogens (tertiary/aromatic N) is 4. The molecule has 158 valence electrons. The first-order valence-electron chi connectivity index (χ1n) is 11.0. The molecule has 6 heteroatoms. The summed E-state index contributed by atoms with van der Waals surface area (Å²) in [4.78, 5) is 11.7. The largest absolute Gasteiger partial charge is 0.353 e. The Labute approximate surface area is 181 Å². The Bertz CT molecular complexity index is 1220. The van der Waals surface area contributed by atoms with Gasteiger partial charge in [-0.25, -0.2) is 0 Å². The van der Waals surface area contributed by atoms with Crippen LogP contribution in [0.15, 0.2) is 61.1 Å². The summed E-state index contributed by atoms with van der Waals surface area (Å²) in [5.74, 6) is 1.01. The van der Waals surface area contributed by atoms with E-state index in [2.05, 4.69) is 86.4 Å². The molecule has 1 fully saturated rings. The highest BCUT2D eigenvalue weighted by atomic mass is 16.1. The smallest absolute Gasteiger partial charge is 0.219 e. The van der Waals surface area contributed by atoms with Crippen LogP contribution in [0.3, 0.4) is 0 Å². The molecule has 2 atom stereocenters. The molecule has 6 nitrogen and oxygen atoms in total. The molecule has 4 aromatic rings. The molecule has 0 spiro atoms. The molecule has 1 N–H and O–H groups in total. The SMILES string of the molecule is CCC(=O)NC1CCC(n2cnnc2-c2ccc(-c3ccc4c(ccn4C)c3)cc2)C1. The highest BCUT2D eigenvalue weighted by Gasteiger charge is 2.28. The number of hydrogen-bond acceptors (Lipinski definition) is 3. The molecule has 1 amide bonds. The molecule has 0 saturated heterocycles. The number of carbonyl (C=O) groups excluding carboxylic acids is 1. The summed E-state index contributed by atoms with van der Waals surface area (Å²) in [6.07, 6.45) is 7.38. The quantitative estimate of drug-likeness (QED) is 0.515. The summed E-state index contributed by atoms with van der Waals surface area (Å²) in [5.41, 5.74) is 4.68. The maximum Gasteiger partial charge on any atom is 0.219 e. The number of amides is 1. The van der Waals surface area contributed by atoms with Crippen LogP contribution < -0.4 is 5.32 Å². The number of rotatable bonds is 5. The highest BCUT2D eigenvalue weighted by molar-refractivity contribution is 5.85. The van der Waals surface area contributed by atoms with Crippen LogP contribution in [0.5, 0.6) is 0 Å². The van der Waals surface area contributed by atoms with Gasteiger partial charge >= 0.3 is 0 Å². The van der Waals surface area contributed by atoms with Gasteiger partial charge in [-0.2, -0.15) is 0 Å². The second-order valence-corrected chi connectivity index (χ2v) is 8.42. The Kier molecular flexibility index (Phi) is 5.06. The van der Waals surface area contributed by atoms with Gasteiger partial charge in [0.2, 0.25) is 5.91 Å². The lowest BCUT2D eigenvalue weighted by Gasteiger charge is -2.16. The summed E-state index contributed by atoms with van der Waals surface area (Å²) in [7, 11) is 2.07. The van der Waals surface area contributed by atoms with Crippen molar-refractivity contribution in [3.05, 3.63) is 61.1 Å². The third-order valence-corrected chi connectivity index (χ3v) is 6.42. The second-order valence-electron chi connectivity index (χ2n) is 8.42. The number of benzene rings is 2. The van der Waals surface area contributed by atoms with Crippen LogP contribution in [0, 0.1) is 0 Å². The Hall–Kier alpha value is -3.41. The van der Waals surface area contributed by atoms with E-state index in [1.165, 1.54) is 22.0 Å². The van der Waals surface area contributed by atoms with Crippen molar-refractivity contribution < 1.29 is 4.79 Å². The first kappa shape index (κ1) is 19.5. The van der Waals surface area contributed by atoms with E-state index in [0.717, 1.165) is 30.7 Å². The fraction of sp³-hybridized carbons (Fsp3) is 0.320. The summed E-state index contributed by atoms with van der Waals surface area (Å²) in [6, 6.07) is 17.8. The van der Waals surface area contributed by atoms with Crippen LogP contribution in [0.25, 0.3) is 33.4 Å². The standard InChI is InChI=1S/C25H27N5O/c1-3-24(31)27-21-9-10-22(15-21)30-16-26-28-25(30)18-6-4-17(5-7-18)19-8-11-23-20(14-19)12-13-29(23)2/h4-8,11-14,16,21-22H,3,9-10,15H2,1-2H3,(H,27,31). The van der Waals surface area contributed by atoms with E-state index < -0.39 is 0 Å². The van der Waals surface area contributed by atoms with Crippen LogP contribution in [0.4, 0.5) is 0 Å². The molecule has 31 heavy (non-hydrogen) atoms. The Morgan fingerprint density at radius 1 is 1.06 bits per heavy atom. The molecule has 1 aliphatic rings. The Morgan fingerprint density at radius 2 is 1.84 bits per heavy atom. The average Bonchev–Trinajstić information content (AvgIpc) is 3.54. The summed E-state index contributed by atoms with van der Waals surface area (Å²) < 4.78 is 4.30. The second kappa shape index (κ2) is 8.02. The minimum atomic E-state index is 0.124. The molecular weight excluding hydrogens is 386 g/mol. The number of aryl methyl sites for hydroxylation is 1. The van der Waals surface area contributed by atoms with Crippen molar-refractivity contribution in [1.29, 1.82) is 0 Å². The lowest BCUT2D eigenvalue weighted by atomic mass is 10.0. The van der Waals surface area contributed by atoms with Crippen LogP contribution >= 0.6 is 0 Å². The monoisotopic (exact) mass is 413 g/mol. The fourth-order valence-electron chi connectivity index (χ4n) is 4.66. The van der Waals surface area contributed by atoms with Gasteiger partial charge in [0.15, 0.2) is 5.82 Å². The van der Waals surface area contributed by atoms with E-state index in [1.807, 2.05) is 13.3 Å². The molecule has 2 unspecified atom stereocenters. The number of carbonyl (C=O) groups is 1. The lowest BCUT2D eigenvalue weighted by Crippen LogP contribution is -2.32. The van der Waals surface area contributed by atoms with Crippen LogP contribution in [0.2, 0.25) is 0 Å². The topological polar surface area (TPSA) is 64.7 Å². The van der Waals surface area contributed by atoms with Gasteiger partial charge in [0, 0.05) is 48.2 Å². The average molecular weight is 414 g/mol. The van der Waals surface area contributed by atoms with Crippen molar-refractivity contribution in [2.24, 2.45) is 7.05 Å². The van der Waals surface area contributed by atoms with Crippen molar-refractivity contribution in [2.45, 2.75) is 44.7 Å². The van der Waals surface area contributed by atoms with Crippen molar-refractivity contribution in [3.8, 4) is 22.5 Å². The van der Waals surface area contributed by atoms with Gasteiger partial charge in [0.1, 0.15) is 6.33 Å². The Morgan fingerprint density at radius 3 is 2.65 bits per heavy atom. The number of nitrogens with one attached hydrogen (secondary N) is 1. The van der Waals surface area contributed by atoms with Gasteiger partial charge in [-0.05, 0) is 48.6 Å². The van der Waals surface area contributed by atoms with Crippen LogP contribution in [-0.4, -0.2) is 31.3 Å². The van der Waals surface area contributed by atoms with Gasteiger partial charge in [-0.1, -0.05) is 37.3 Å². The third-order valence-electron chi connectivity index (χ3n) is 6.42. The first-order chi connectivity index (χ1) is 15.1. The van der Waals surface area contributed by atoms with E-state index >= 15 is 0 Å². The van der Waals surface area contributed by atoms with Gasteiger partial charge in [0.25, 0.3) is 0 Å². The molecule has 0 radical (unpaired) electrons. The summed E-state index contributed by atoms with van der Waals surface area (Å²) in [5, 5.41) is 13.0. The highest BCUT2D eigenvalue weighted by Crippen LogP contribution is 2.34. The van der Waals surface area contributed by atoms with E-state index in [0.29, 0.717) is 12.5 Å². The minimum absolute atomic E-state index is 0.124. The van der Waals surface area contributed by atoms with E-state index in [4.69, 9.17) is 0 Å². The predicted molar refractivity (Wildman–Crippen MR) is 122 cm³/mol. The third kappa shape index (κ3) is 3.74. The molecule has 2 aromatic carbocycles. The van der Waals surface area contributed by atoms with E-state index in [1.54, 1.807) is 0 Å². The maximum atomic E-state index is 11.7. The minimum Gasteiger partial charge on any atom is -0.353 e. The molecule has 0 bridgehead atoms. The molecule has 0 aliphatic heterocycles. The predicted octanol–water partition coefficient (Wildman–Crippen LogP) is 4.72. The van der Waals surface area contributed by atoms with Gasteiger partial charge < -0.3 is 14.5 Å². The van der Waals surface area contributed by atoms with Crippen LogP contribution in [0.1, 0.15) is 38.6 Å². The molecule has 5 rings (SSSR count). The van der Waals surface area contributed by atoms with E-state index in [9.17, 15) is 4.79 Å². The number of fused-ring (bicyclic) bond motifs is 1. The fourth-order valence-corrected chi connectivity index (χ4v) is 4.66. The van der Waals surface area contributed by atoms with Crippen molar-refractivity contribution in [2.75, 3.05) is 0 Å². The molecule has 1 saturated carbocycles. The molecular formula is C25H27N5O. The summed E-state index contributed by atoms with van der Waals surface area (Å²) >= 11 is 0. The summed E-state index contributed by atoms with van der Waals surface area (Å²) in [6.45, 7) is 1.89. The Balaban J connectivity index is 1.36. The van der Waals surface area contributed by atoms with Gasteiger partial charge in [-0.15, -0.1) is 10.2 Å². The van der Waals surface area contributed by atoms with Gasteiger partial charge in [0.05, 0.1) is 0 Å². The van der Waals surface area contributed by atoms with E-state index in [-0.39, 0.29) is 11.9 Å². The number of hydrogen-bond donors (Lipinski definition) is 1.